The Labute approximate surface area is 176 Å². The number of hydrogen-bond donors (Lipinski definition) is 0. The van der Waals surface area contributed by atoms with Crippen molar-refractivity contribution in [3.8, 4) is 0 Å². The molecule has 0 unspecified atom stereocenters. The van der Waals surface area contributed by atoms with E-state index in [-0.39, 0.29) is 6.16 Å². The highest BCUT2D eigenvalue weighted by molar-refractivity contribution is 14.1. The van der Waals surface area contributed by atoms with Crippen molar-refractivity contribution in [2.45, 2.75) is 20.0 Å². The summed E-state index contributed by atoms with van der Waals surface area (Å²) in [4.78, 5) is 2.08. The van der Waals surface area contributed by atoms with E-state index in [0.717, 1.165) is 20.3 Å². The molecule has 2 aromatic rings. The van der Waals surface area contributed by atoms with Crippen molar-refractivity contribution in [3.63, 3.8) is 0 Å². The van der Waals surface area contributed by atoms with Crippen molar-refractivity contribution >= 4 is 48.0 Å². The summed E-state index contributed by atoms with van der Waals surface area (Å²) in [6.45, 7) is 4.40. The molecule has 0 saturated carbocycles. The first kappa shape index (κ1) is 22.2. The molecule has 0 spiro atoms. The molecular formula is C21H27INO3P. The topological polar surface area (TPSA) is 38.8 Å². The fourth-order valence-corrected chi connectivity index (χ4v) is 5.12. The summed E-state index contributed by atoms with van der Waals surface area (Å²) in [5.74, 6) is 0. The third kappa shape index (κ3) is 7.07. The first-order valence-corrected chi connectivity index (χ1v) is 11.8. The summed E-state index contributed by atoms with van der Waals surface area (Å²) in [5.41, 5.74) is 4.32. The Hall–Kier alpha value is -1.14. The van der Waals surface area contributed by atoms with Gasteiger partial charge in [0.25, 0.3) is 0 Å². The summed E-state index contributed by atoms with van der Waals surface area (Å²) in [6.07, 6.45) is 4.44. The SMILES string of the molecule is CCOP(=O)(Cc1cc(I)cc(/C=C/c2ccc(N(C)C)cc2)c1)OCC. The monoisotopic (exact) mass is 499 g/mol. The van der Waals surface area contributed by atoms with Gasteiger partial charge in [-0.25, -0.2) is 0 Å². The Morgan fingerprint density at radius 1 is 0.963 bits per heavy atom. The molecule has 0 aliphatic carbocycles. The van der Waals surface area contributed by atoms with Gasteiger partial charge < -0.3 is 13.9 Å². The zero-order chi connectivity index (χ0) is 19.9. The minimum absolute atomic E-state index is 0.282. The molecule has 0 bridgehead atoms. The molecule has 2 aromatic carbocycles. The summed E-state index contributed by atoms with van der Waals surface area (Å²) in [6, 6.07) is 14.5. The van der Waals surface area contributed by atoms with Crippen molar-refractivity contribution in [3.05, 3.63) is 62.7 Å². The molecule has 0 heterocycles. The molecule has 0 aliphatic rings. The van der Waals surface area contributed by atoms with Crippen LogP contribution in [0.2, 0.25) is 0 Å². The molecule has 146 valence electrons. The number of nitrogens with zero attached hydrogens (tertiary/aromatic N) is 1. The molecule has 2 rings (SSSR count). The third-order valence-electron chi connectivity index (χ3n) is 3.89. The first-order chi connectivity index (χ1) is 12.8. The predicted molar refractivity (Wildman–Crippen MR) is 123 cm³/mol. The van der Waals surface area contributed by atoms with E-state index in [1.807, 2.05) is 40.1 Å². The number of hydrogen-bond acceptors (Lipinski definition) is 4. The van der Waals surface area contributed by atoms with Gasteiger partial charge in [0.1, 0.15) is 0 Å². The summed E-state index contributed by atoms with van der Waals surface area (Å²) < 4.78 is 24.7. The average molecular weight is 499 g/mol. The second-order valence-electron chi connectivity index (χ2n) is 6.32. The van der Waals surface area contributed by atoms with E-state index in [1.54, 1.807) is 0 Å². The Kier molecular flexibility index (Phi) is 8.55. The highest BCUT2D eigenvalue weighted by Gasteiger charge is 2.24. The number of rotatable bonds is 9. The largest absolute Gasteiger partial charge is 0.378 e. The third-order valence-corrected chi connectivity index (χ3v) is 6.56. The van der Waals surface area contributed by atoms with Gasteiger partial charge in [0, 0.05) is 23.4 Å². The van der Waals surface area contributed by atoms with Gasteiger partial charge in [-0.2, -0.15) is 0 Å². The highest BCUT2D eigenvalue weighted by atomic mass is 127. The smallest absolute Gasteiger partial charge is 0.335 e. The molecule has 0 saturated heterocycles. The Morgan fingerprint density at radius 3 is 2.11 bits per heavy atom. The van der Waals surface area contributed by atoms with Crippen LogP contribution in [0.1, 0.15) is 30.5 Å². The molecule has 27 heavy (non-hydrogen) atoms. The second kappa shape index (κ2) is 10.4. The van der Waals surface area contributed by atoms with Gasteiger partial charge in [-0.1, -0.05) is 30.4 Å². The van der Waals surface area contributed by atoms with E-state index in [1.165, 1.54) is 5.69 Å². The minimum Gasteiger partial charge on any atom is -0.378 e. The molecule has 0 radical (unpaired) electrons. The number of anilines is 1. The fourth-order valence-electron chi connectivity index (χ4n) is 2.68. The standard InChI is InChI=1S/C21H27INO3P/c1-5-25-27(24,26-6-2)16-19-13-18(14-20(22)15-19)8-7-17-9-11-21(12-10-17)23(3)4/h7-15H,5-6,16H2,1-4H3/b8-7+. The molecule has 0 fully saturated rings. The second-order valence-corrected chi connectivity index (χ2v) is 9.62. The maximum absolute atomic E-state index is 12.8. The van der Waals surface area contributed by atoms with E-state index in [0.29, 0.717) is 13.2 Å². The van der Waals surface area contributed by atoms with Crippen LogP contribution in [0.15, 0.2) is 42.5 Å². The Morgan fingerprint density at radius 2 is 1.56 bits per heavy atom. The van der Waals surface area contributed by atoms with Crippen molar-refractivity contribution in [2.24, 2.45) is 0 Å². The fraction of sp³-hybridized carbons (Fsp3) is 0.333. The van der Waals surface area contributed by atoms with Crippen molar-refractivity contribution in [2.75, 3.05) is 32.2 Å². The molecule has 4 nitrogen and oxygen atoms in total. The van der Waals surface area contributed by atoms with E-state index in [4.69, 9.17) is 9.05 Å². The van der Waals surface area contributed by atoms with E-state index < -0.39 is 7.60 Å². The lowest BCUT2D eigenvalue weighted by atomic mass is 10.1. The quantitative estimate of drug-likeness (QED) is 0.231. The Balaban J connectivity index is 2.19. The van der Waals surface area contributed by atoms with Gasteiger partial charge in [0.05, 0.1) is 19.4 Å². The van der Waals surface area contributed by atoms with Gasteiger partial charge in [-0.3, -0.25) is 4.57 Å². The van der Waals surface area contributed by atoms with Gasteiger partial charge in [0.2, 0.25) is 0 Å². The molecule has 0 N–H and O–H groups in total. The van der Waals surface area contributed by atoms with E-state index in [2.05, 4.69) is 70.0 Å². The molecule has 0 aromatic heterocycles. The van der Waals surface area contributed by atoms with Crippen molar-refractivity contribution in [1.82, 2.24) is 0 Å². The van der Waals surface area contributed by atoms with Crippen LogP contribution in [0.5, 0.6) is 0 Å². The summed E-state index contributed by atoms with van der Waals surface area (Å²) in [5, 5.41) is 0. The lowest BCUT2D eigenvalue weighted by molar-refractivity contribution is 0.219. The zero-order valence-corrected chi connectivity index (χ0v) is 19.4. The lowest BCUT2D eigenvalue weighted by Crippen LogP contribution is -2.07. The van der Waals surface area contributed by atoms with Gasteiger partial charge in [0.15, 0.2) is 0 Å². The van der Waals surface area contributed by atoms with Gasteiger partial charge >= 0.3 is 7.60 Å². The molecule has 6 heteroatoms. The van der Waals surface area contributed by atoms with Crippen LogP contribution in [0.3, 0.4) is 0 Å². The normalized spacial score (nSPS) is 11.9. The van der Waals surface area contributed by atoms with E-state index >= 15 is 0 Å². The van der Waals surface area contributed by atoms with Crippen LogP contribution in [0, 0.1) is 3.57 Å². The number of halogens is 1. The average Bonchev–Trinajstić information content (AvgIpc) is 2.60. The van der Waals surface area contributed by atoms with Crippen LogP contribution in [0.4, 0.5) is 5.69 Å². The van der Waals surface area contributed by atoms with Crippen LogP contribution in [0.25, 0.3) is 12.2 Å². The maximum Gasteiger partial charge on any atom is 0.335 e. The van der Waals surface area contributed by atoms with Crippen molar-refractivity contribution < 1.29 is 13.6 Å². The van der Waals surface area contributed by atoms with Crippen LogP contribution >= 0.6 is 30.2 Å². The molecule has 0 amide bonds. The highest BCUT2D eigenvalue weighted by Crippen LogP contribution is 2.51. The molecular weight excluding hydrogens is 472 g/mol. The molecule has 0 aliphatic heterocycles. The molecule has 0 atom stereocenters. The van der Waals surface area contributed by atoms with Gasteiger partial charge in [-0.15, -0.1) is 0 Å². The van der Waals surface area contributed by atoms with Crippen LogP contribution < -0.4 is 4.90 Å². The summed E-state index contributed by atoms with van der Waals surface area (Å²) in [7, 11) is 0.953. The first-order valence-electron chi connectivity index (χ1n) is 8.98. The predicted octanol–water partition coefficient (Wildman–Crippen LogP) is 6.29. The zero-order valence-electron chi connectivity index (χ0n) is 16.3. The maximum atomic E-state index is 12.8. The lowest BCUT2D eigenvalue weighted by Gasteiger charge is -2.17. The summed E-state index contributed by atoms with van der Waals surface area (Å²) >= 11 is 2.28. The van der Waals surface area contributed by atoms with Crippen molar-refractivity contribution in [1.29, 1.82) is 0 Å². The minimum atomic E-state index is -3.11. The van der Waals surface area contributed by atoms with Crippen LogP contribution in [-0.2, 0) is 19.8 Å². The van der Waals surface area contributed by atoms with E-state index in [9.17, 15) is 4.57 Å². The Bertz CT molecular complexity index is 809. The van der Waals surface area contributed by atoms with Gasteiger partial charge in [-0.05, 0) is 77.4 Å². The van der Waals surface area contributed by atoms with Crippen LogP contribution in [-0.4, -0.2) is 27.3 Å². The number of benzene rings is 2.